The van der Waals surface area contributed by atoms with Crippen LogP contribution in [0.25, 0.3) is 0 Å². The highest BCUT2D eigenvalue weighted by Gasteiger charge is 2.13. The van der Waals surface area contributed by atoms with Crippen molar-refractivity contribution in [1.29, 1.82) is 5.26 Å². The van der Waals surface area contributed by atoms with Crippen LogP contribution in [-0.2, 0) is 4.79 Å². The second kappa shape index (κ2) is 5.32. The normalized spacial score (nSPS) is 11.6. The monoisotopic (exact) mass is 216 g/mol. The van der Waals surface area contributed by atoms with Crippen molar-refractivity contribution in [2.24, 2.45) is 5.92 Å². The summed E-state index contributed by atoms with van der Waals surface area (Å²) >= 11 is 0. The Labute approximate surface area is 96.1 Å². The van der Waals surface area contributed by atoms with Crippen molar-refractivity contribution >= 4 is 11.6 Å². The van der Waals surface area contributed by atoms with Crippen LogP contribution in [0.2, 0.25) is 0 Å². The maximum atomic E-state index is 11.7. The zero-order valence-corrected chi connectivity index (χ0v) is 9.87. The minimum absolute atomic E-state index is 0.102. The lowest BCUT2D eigenvalue weighted by molar-refractivity contribution is -0.119. The zero-order chi connectivity index (χ0) is 12.1. The van der Waals surface area contributed by atoms with Crippen molar-refractivity contribution in [3.63, 3.8) is 0 Å². The summed E-state index contributed by atoms with van der Waals surface area (Å²) in [5.41, 5.74) is 2.96. The highest BCUT2D eigenvalue weighted by atomic mass is 16.1. The van der Waals surface area contributed by atoms with Gasteiger partial charge in [0.25, 0.3) is 0 Å². The van der Waals surface area contributed by atoms with Gasteiger partial charge in [0.1, 0.15) is 0 Å². The van der Waals surface area contributed by atoms with Crippen molar-refractivity contribution in [3.8, 4) is 6.07 Å². The second-order valence-corrected chi connectivity index (χ2v) is 4.07. The van der Waals surface area contributed by atoms with Gasteiger partial charge in [0, 0.05) is 18.0 Å². The molecule has 0 heterocycles. The van der Waals surface area contributed by atoms with Crippen LogP contribution >= 0.6 is 0 Å². The smallest absolute Gasteiger partial charge is 0.228 e. The molecule has 1 unspecified atom stereocenters. The molecule has 3 nitrogen and oxygen atoms in total. The fourth-order valence-electron chi connectivity index (χ4n) is 1.36. The average Bonchev–Trinajstić information content (AvgIpc) is 2.23. The molecule has 3 heteroatoms. The summed E-state index contributed by atoms with van der Waals surface area (Å²) in [6.45, 7) is 5.68. The topological polar surface area (TPSA) is 52.9 Å². The molecule has 0 aliphatic carbocycles. The third kappa shape index (κ3) is 3.09. The van der Waals surface area contributed by atoms with Crippen molar-refractivity contribution in [1.82, 2.24) is 0 Å². The van der Waals surface area contributed by atoms with Gasteiger partial charge in [-0.3, -0.25) is 4.79 Å². The van der Waals surface area contributed by atoms with Crippen LogP contribution in [0.1, 0.15) is 24.5 Å². The zero-order valence-electron chi connectivity index (χ0n) is 9.87. The number of carbonyl (C=O) groups is 1. The summed E-state index contributed by atoms with van der Waals surface area (Å²) < 4.78 is 0. The van der Waals surface area contributed by atoms with E-state index in [0.29, 0.717) is 0 Å². The van der Waals surface area contributed by atoms with E-state index < -0.39 is 0 Å². The lowest BCUT2D eigenvalue weighted by Crippen LogP contribution is -2.20. The third-order valence-electron chi connectivity index (χ3n) is 2.50. The van der Waals surface area contributed by atoms with Crippen LogP contribution in [0.15, 0.2) is 18.2 Å². The number of hydrogen-bond donors (Lipinski definition) is 1. The Morgan fingerprint density at radius 2 is 2.19 bits per heavy atom. The number of hydrogen-bond acceptors (Lipinski definition) is 2. The predicted molar refractivity (Wildman–Crippen MR) is 63.9 cm³/mol. The van der Waals surface area contributed by atoms with E-state index in [1.165, 1.54) is 0 Å². The van der Waals surface area contributed by atoms with Crippen LogP contribution in [0, 0.1) is 31.1 Å². The number of nitrogens with zero attached hydrogens (tertiary/aromatic N) is 1. The predicted octanol–water partition coefficient (Wildman–Crippen LogP) is 2.79. The lowest BCUT2D eigenvalue weighted by Gasteiger charge is -2.12. The summed E-state index contributed by atoms with van der Waals surface area (Å²) in [6.07, 6.45) is 0.247. The number of aryl methyl sites for hydroxylation is 2. The molecule has 0 spiro atoms. The molecule has 0 saturated carbocycles. The maximum Gasteiger partial charge on any atom is 0.228 e. The molecule has 0 fully saturated rings. The SMILES string of the molecule is Cc1ccc(C)c(NC(=O)C(C)CC#N)c1. The Hall–Kier alpha value is -1.82. The van der Waals surface area contributed by atoms with E-state index in [4.69, 9.17) is 5.26 Å². The Morgan fingerprint density at radius 1 is 1.50 bits per heavy atom. The first-order valence-electron chi connectivity index (χ1n) is 5.29. The highest BCUT2D eigenvalue weighted by molar-refractivity contribution is 5.93. The van der Waals surface area contributed by atoms with E-state index >= 15 is 0 Å². The van der Waals surface area contributed by atoms with Gasteiger partial charge in [-0.05, 0) is 31.0 Å². The van der Waals surface area contributed by atoms with Gasteiger partial charge < -0.3 is 5.32 Å². The molecule has 1 amide bonds. The largest absolute Gasteiger partial charge is 0.326 e. The first-order valence-corrected chi connectivity index (χ1v) is 5.29. The summed E-state index contributed by atoms with van der Waals surface area (Å²) in [5, 5.41) is 11.4. The fraction of sp³-hybridized carbons (Fsp3) is 0.385. The standard InChI is InChI=1S/C13H16N2O/c1-9-4-5-10(2)12(8-9)15-13(16)11(3)6-7-14/h4-5,8,11H,6H2,1-3H3,(H,15,16). The molecule has 0 bridgehead atoms. The molecule has 0 aromatic heterocycles. The number of benzene rings is 1. The molecule has 1 rings (SSSR count). The molecule has 1 aromatic carbocycles. The minimum atomic E-state index is -0.273. The molecule has 16 heavy (non-hydrogen) atoms. The molecule has 1 N–H and O–H groups in total. The van der Waals surface area contributed by atoms with E-state index in [0.717, 1.165) is 16.8 Å². The van der Waals surface area contributed by atoms with Gasteiger partial charge in [0.15, 0.2) is 0 Å². The molecular weight excluding hydrogens is 200 g/mol. The van der Waals surface area contributed by atoms with E-state index in [1.54, 1.807) is 6.92 Å². The van der Waals surface area contributed by atoms with Gasteiger partial charge >= 0.3 is 0 Å². The van der Waals surface area contributed by atoms with Crippen LogP contribution in [0.4, 0.5) is 5.69 Å². The van der Waals surface area contributed by atoms with E-state index in [2.05, 4.69) is 5.32 Å². The minimum Gasteiger partial charge on any atom is -0.326 e. The Balaban J connectivity index is 2.77. The molecule has 1 atom stereocenters. The number of rotatable bonds is 3. The van der Waals surface area contributed by atoms with Crippen molar-refractivity contribution in [2.45, 2.75) is 27.2 Å². The summed E-state index contributed by atoms with van der Waals surface area (Å²) in [4.78, 5) is 11.7. The summed E-state index contributed by atoms with van der Waals surface area (Å²) in [7, 11) is 0. The van der Waals surface area contributed by atoms with Crippen LogP contribution in [-0.4, -0.2) is 5.91 Å². The summed E-state index contributed by atoms with van der Waals surface area (Å²) in [6, 6.07) is 7.91. The number of nitriles is 1. The van der Waals surface area contributed by atoms with Gasteiger partial charge in [-0.25, -0.2) is 0 Å². The van der Waals surface area contributed by atoms with Gasteiger partial charge in [-0.1, -0.05) is 19.1 Å². The third-order valence-corrected chi connectivity index (χ3v) is 2.50. The Kier molecular flexibility index (Phi) is 4.07. The molecule has 0 aliphatic heterocycles. The number of anilines is 1. The van der Waals surface area contributed by atoms with Gasteiger partial charge in [0.2, 0.25) is 5.91 Å². The van der Waals surface area contributed by atoms with Gasteiger partial charge in [-0.2, -0.15) is 5.26 Å². The maximum absolute atomic E-state index is 11.7. The molecular formula is C13H16N2O. The molecule has 1 aromatic rings. The van der Waals surface area contributed by atoms with Crippen LogP contribution in [0.5, 0.6) is 0 Å². The molecule has 84 valence electrons. The fourth-order valence-corrected chi connectivity index (χ4v) is 1.36. The van der Waals surface area contributed by atoms with Gasteiger partial charge in [0.05, 0.1) is 6.07 Å². The summed E-state index contributed by atoms with van der Waals surface area (Å²) in [5.74, 6) is -0.375. The second-order valence-electron chi connectivity index (χ2n) is 4.07. The first-order chi connectivity index (χ1) is 7.54. The van der Waals surface area contributed by atoms with Crippen molar-refractivity contribution in [2.75, 3.05) is 5.32 Å². The van der Waals surface area contributed by atoms with E-state index in [1.807, 2.05) is 38.1 Å². The molecule has 0 radical (unpaired) electrons. The lowest BCUT2D eigenvalue weighted by atomic mass is 10.1. The quantitative estimate of drug-likeness (QED) is 0.844. The Bertz CT molecular complexity index is 432. The molecule has 0 aliphatic rings. The highest BCUT2D eigenvalue weighted by Crippen LogP contribution is 2.17. The average molecular weight is 216 g/mol. The van der Waals surface area contributed by atoms with Crippen molar-refractivity contribution < 1.29 is 4.79 Å². The van der Waals surface area contributed by atoms with Crippen LogP contribution in [0.3, 0.4) is 0 Å². The number of amides is 1. The van der Waals surface area contributed by atoms with Crippen molar-refractivity contribution in [3.05, 3.63) is 29.3 Å². The van der Waals surface area contributed by atoms with E-state index in [9.17, 15) is 4.79 Å². The number of carbonyl (C=O) groups excluding carboxylic acids is 1. The Morgan fingerprint density at radius 3 is 2.81 bits per heavy atom. The first kappa shape index (κ1) is 12.3. The molecule has 0 saturated heterocycles. The van der Waals surface area contributed by atoms with Crippen LogP contribution < -0.4 is 5.32 Å². The van der Waals surface area contributed by atoms with E-state index in [-0.39, 0.29) is 18.2 Å². The van der Waals surface area contributed by atoms with Gasteiger partial charge in [-0.15, -0.1) is 0 Å². The number of nitrogens with one attached hydrogen (secondary N) is 1.